The van der Waals surface area contributed by atoms with Crippen LogP contribution in [0.1, 0.15) is 12.5 Å². The lowest BCUT2D eigenvalue weighted by Gasteiger charge is -2.15. The Morgan fingerprint density at radius 1 is 1.14 bits per heavy atom. The summed E-state index contributed by atoms with van der Waals surface area (Å²) in [5.41, 5.74) is 2.27. The fourth-order valence-electron chi connectivity index (χ4n) is 2.01. The second kappa shape index (κ2) is 6.74. The van der Waals surface area contributed by atoms with Gasteiger partial charge in [0.2, 0.25) is 0 Å². The van der Waals surface area contributed by atoms with Crippen molar-refractivity contribution in [3.8, 4) is 11.1 Å². The summed E-state index contributed by atoms with van der Waals surface area (Å²) in [6, 6.07) is 10.6. The number of aryl methyl sites for hydroxylation is 1. The molecule has 2 aromatic carbocycles. The highest BCUT2D eigenvalue weighted by Gasteiger charge is 2.22. The van der Waals surface area contributed by atoms with Crippen molar-refractivity contribution in [1.82, 2.24) is 0 Å². The molecule has 2 rings (SSSR count). The lowest BCUT2D eigenvalue weighted by atomic mass is 10.0. The maximum absolute atomic E-state index is 11.4. The highest BCUT2D eigenvalue weighted by Crippen LogP contribution is 2.57. The molecule has 3 nitrogen and oxygen atoms in total. The zero-order valence-electron chi connectivity index (χ0n) is 11.1. The van der Waals surface area contributed by atoms with E-state index < -0.39 is 6.80 Å². The Bertz CT molecular complexity index is 715. The van der Waals surface area contributed by atoms with E-state index in [9.17, 15) is 14.4 Å². The summed E-state index contributed by atoms with van der Waals surface area (Å²) in [6.45, 7) is -2.32. The topological polar surface area (TPSA) is 57.5 Å². The number of benzene rings is 2. The van der Waals surface area contributed by atoms with E-state index in [1.807, 2.05) is 19.1 Å². The third kappa shape index (κ3) is 4.26. The van der Waals surface area contributed by atoms with Crippen molar-refractivity contribution in [2.45, 2.75) is 18.2 Å². The molecule has 2 N–H and O–H groups in total. The molecule has 0 spiro atoms. The lowest BCUT2D eigenvalue weighted by Crippen LogP contribution is -1.91. The molecular weight excluding hydrogens is 350 g/mol. The van der Waals surface area contributed by atoms with Crippen molar-refractivity contribution in [3.05, 3.63) is 52.0 Å². The molecule has 0 unspecified atom stereocenters. The minimum absolute atomic E-state index is 0.448. The third-order valence-corrected chi connectivity index (χ3v) is 5.62. The van der Waals surface area contributed by atoms with Crippen molar-refractivity contribution in [2.24, 2.45) is 0 Å². The van der Waals surface area contributed by atoms with E-state index in [-0.39, 0.29) is 0 Å². The molecule has 21 heavy (non-hydrogen) atoms. The van der Waals surface area contributed by atoms with E-state index in [1.54, 1.807) is 24.3 Å². The first kappa shape index (κ1) is 16.9. The largest absolute Gasteiger partial charge is 0.388 e. The van der Waals surface area contributed by atoms with Crippen molar-refractivity contribution in [3.63, 3.8) is 0 Å². The van der Waals surface area contributed by atoms with Gasteiger partial charge in [-0.05, 0) is 41.1 Å². The zero-order valence-corrected chi connectivity index (χ0v) is 14.3. The van der Waals surface area contributed by atoms with Crippen LogP contribution in [-0.2, 0) is 11.0 Å². The summed E-state index contributed by atoms with van der Waals surface area (Å²) in [4.78, 5) is 19.1. The summed E-state index contributed by atoms with van der Waals surface area (Å²) in [6.07, 6.45) is 0.668. The molecule has 0 saturated carbocycles. The van der Waals surface area contributed by atoms with Gasteiger partial charge in [-0.25, -0.2) is 4.57 Å². The van der Waals surface area contributed by atoms with Gasteiger partial charge in [0, 0.05) is 20.5 Å². The van der Waals surface area contributed by atoms with Gasteiger partial charge in [-0.2, -0.15) is 0 Å². The summed E-state index contributed by atoms with van der Waals surface area (Å²) in [5.74, 6) is 0. The summed E-state index contributed by atoms with van der Waals surface area (Å²) < 4.78 is 11.4. The Balaban J connectivity index is 2.65. The molecule has 0 saturated heterocycles. The Hall–Kier alpha value is -0.480. The van der Waals surface area contributed by atoms with E-state index in [1.165, 1.54) is 0 Å². The molecule has 0 bridgehead atoms. The van der Waals surface area contributed by atoms with E-state index in [2.05, 4.69) is 0 Å². The van der Waals surface area contributed by atoms with E-state index in [0.717, 1.165) is 5.56 Å². The SMILES string of the molecule is CCc1cccc(-c2ccc(Cl)cc2Cl)c1SP(=O)(O)O. The van der Waals surface area contributed by atoms with Gasteiger partial charge in [0.1, 0.15) is 0 Å². The van der Waals surface area contributed by atoms with Crippen LogP contribution in [0.15, 0.2) is 41.3 Å². The first-order valence-electron chi connectivity index (χ1n) is 6.14. The average Bonchev–Trinajstić information content (AvgIpc) is 2.38. The van der Waals surface area contributed by atoms with E-state index >= 15 is 0 Å². The fraction of sp³-hybridized carbons (Fsp3) is 0.143. The second-order valence-electron chi connectivity index (χ2n) is 4.35. The molecule has 0 aliphatic carbocycles. The number of halogens is 2. The Labute approximate surface area is 137 Å². The van der Waals surface area contributed by atoms with Crippen LogP contribution >= 0.6 is 41.4 Å². The molecule has 0 heterocycles. The van der Waals surface area contributed by atoms with Gasteiger partial charge in [0.25, 0.3) is 0 Å². The van der Waals surface area contributed by atoms with Crippen LogP contribution in [0.5, 0.6) is 0 Å². The number of hydrogen-bond acceptors (Lipinski definition) is 2. The first-order chi connectivity index (χ1) is 9.81. The number of rotatable bonds is 4. The van der Waals surface area contributed by atoms with Crippen molar-refractivity contribution in [2.75, 3.05) is 0 Å². The molecule has 0 aromatic heterocycles. The van der Waals surface area contributed by atoms with E-state index in [4.69, 9.17) is 23.2 Å². The fourth-order valence-corrected chi connectivity index (χ4v) is 4.72. The van der Waals surface area contributed by atoms with Gasteiger partial charge < -0.3 is 9.79 Å². The summed E-state index contributed by atoms with van der Waals surface area (Å²) in [5, 5.41) is 0.961. The highest BCUT2D eigenvalue weighted by molar-refractivity contribution is 8.54. The predicted molar refractivity (Wildman–Crippen MR) is 89.2 cm³/mol. The highest BCUT2D eigenvalue weighted by atomic mass is 35.5. The predicted octanol–water partition coefficient (Wildman–Crippen LogP) is 5.41. The minimum atomic E-state index is -4.25. The van der Waals surface area contributed by atoms with Crippen LogP contribution in [0.3, 0.4) is 0 Å². The third-order valence-electron chi connectivity index (χ3n) is 2.91. The first-order valence-corrected chi connectivity index (χ1v) is 9.93. The Morgan fingerprint density at radius 3 is 2.43 bits per heavy atom. The van der Waals surface area contributed by atoms with Crippen molar-refractivity contribution in [1.29, 1.82) is 0 Å². The second-order valence-corrected chi connectivity index (χ2v) is 8.74. The molecule has 7 heteroatoms. The van der Waals surface area contributed by atoms with Gasteiger partial charge in [0.05, 0.1) is 0 Å². The van der Waals surface area contributed by atoms with Crippen LogP contribution in [0.25, 0.3) is 11.1 Å². The molecule has 112 valence electrons. The average molecular weight is 363 g/mol. The Kier molecular flexibility index (Phi) is 5.42. The molecule has 0 aliphatic rings. The molecule has 0 atom stereocenters. The monoisotopic (exact) mass is 362 g/mol. The van der Waals surface area contributed by atoms with Crippen molar-refractivity contribution < 1.29 is 14.4 Å². The quantitative estimate of drug-likeness (QED) is 0.714. The smallest absolute Gasteiger partial charge is 0.316 e. The maximum Gasteiger partial charge on any atom is 0.388 e. The van der Waals surface area contributed by atoms with Crippen LogP contribution in [-0.4, -0.2) is 9.79 Å². The minimum Gasteiger partial charge on any atom is -0.316 e. The molecule has 0 aliphatic heterocycles. The zero-order chi connectivity index (χ0) is 15.6. The van der Waals surface area contributed by atoms with E-state index in [0.29, 0.717) is 43.9 Å². The van der Waals surface area contributed by atoms with Crippen LogP contribution in [0.2, 0.25) is 10.0 Å². The molecule has 2 aromatic rings. The molecular formula is C14H13Cl2O3PS. The molecule has 0 radical (unpaired) electrons. The van der Waals surface area contributed by atoms with Gasteiger partial charge in [0.15, 0.2) is 0 Å². The van der Waals surface area contributed by atoms with Gasteiger partial charge >= 0.3 is 6.80 Å². The normalized spacial score (nSPS) is 11.7. The van der Waals surface area contributed by atoms with Gasteiger partial charge in [-0.1, -0.05) is 54.4 Å². The van der Waals surface area contributed by atoms with Gasteiger partial charge in [-0.15, -0.1) is 0 Å². The van der Waals surface area contributed by atoms with Crippen LogP contribution < -0.4 is 0 Å². The van der Waals surface area contributed by atoms with Crippen molar-refractivity contribution >= 4 is 41.4 Å². The molecule has 0 fully saturated rings. The lowest BCUT2D eigenvalue weighted by molar-refractivity contribution is 0.397. The Morgan fingerprint density at radius 2 is 1.86 bits per heavy atom. The standard InChI is InChI=1S/C14H13Cl2O3PS/c1-2-9-4-3-5-12(14(9)21-20(17,18)19)11-7-6-10(15)8-13(11)16/h3-8H,2H2,1H3,(H2,17,18,19). The van der Waals surface area contributed by atoms with Crippen LogP contribution in [0.4, 0.5) is 0 Å². The summed E-state index contributed by atoms with van der Waals surface area (Å²) >= 11 is 12.7. The maximum atomic E-state index is 11.4. The number of hydrogen-bond donors (Lipinski definition) is 2. The van der Waals surface area contributed by atoms with Crippen LogP contribution in [0, 0.1) is 0 Å². The van der Waals surface area contributed by atoms with Gasteiger partial charge in [-0.3, -0.25) is 0 Å². The summed E-state index contributed by atoms with van der Waals surface area (Å²) in [7, 11) is 0. The molecule has 0 amide bonds.